The largest absolute Gasteiger partial charge is 0.367 e. The van der Waals surface area contributed by atoms with E-state index in [9.17, 15) is 4.79 Å². The first-order chi connectivity index (χ1) is 8.16. The van der Waals surface area contributed by atoms with Gasteiger partial charge in [0.05, 0.1) is 10.2 Å². The van der Waals surface area contributed by atoms with Gasteiger partial charge in [0, 0.05) is 20.0 Å². The number of hydrogen-bond donors (Lipinski definition) is 2. The summed E-state index contributed by atoms with van der Waals surface area (Å²) in [6.45, 7) is 2.63. The van der Waals surface area contributed by atoms with Gasteiger partial charge >= 0.3 is 0 Å². The number of hydrogen-bond acceptors (Lipinski definition) is 5. The fraction of sp³-hybridized carbons (Fsp3) is 0.300. The molecule has 0 aliphatic heterocycles. The fourth-order valence-corrected chi connectivity index (χ4v) is 2.35. The lowest BCUT2D eigenvalue weighted by molar-refractivity contribution is -0.118. The van der Waals surface area contributed by atoms with Gasteiger partial charge in [0.25, 0.3) is 0 Å². The number of halogens is 1. The zero-order valence-corrected chi connectivity index (χ0v) is 10.7. The molecule has 0 fully saturated rings. The number of aromatic nitrogens is 2. The Morgan fingerprint density at radius 3 is 3.06 bits per heavy atom. The minimum atomic E-state index is -0.0474. The lowest BCUT2D eigenvalue weighted by Crippen LogP contribution is -2.26. The molecule has 90 valence electrons. The van der Waals surface area contributed by atoms with Crippen molar-refractivity contribution in [2.45, 2.75) is 6.92 Å². The van der Waals surface area contributed by atoms with Crippen LogP contribution in [0.2, 0.25) is 5.28 Å². The highest BCUT2D eigenvalue weighted by Gasteiger charge is 2.07. The summed E-state index contributed by atoms with van der Waals surface area (Å²) in [4.78, 5) is 18.9. The summed E-state index contributed by atoms with van der Waals surface area (Å²) in [7, 11) is 0. The third-order valence-corrected chi connectivity index (χ3v) is 3.15. The van der Waals surface area contributed by atoms with Crippen molar-refractivity contribution < 1.29 is 4.79 Å². The fourth-order valence-electron chi connectivity index (χ4n) is 1.37. The van der Waals surface area contributed by atoms with Crippen LogP contribution in [0, 0.1) is 0 Å². The van der Waals surface area contributed by atoms with Crippen molar-refractivity contribution in [2.75, 3.05) is 18.4 Å². The molecule has 0 radical (unpaired) electrons. The molecule has 2 aromatic rings. The monoisotopic (exact) mass is 270 g/mol. The quantitative estimate of drug-likeness (QED) is 0.658. The topological polar surface area (TPSA) is 66.9 Å². The first-order valence-corrected chi connectivity index (χ1v) is 6.31. The molecular weight excluding hydrogens is 260 g/mol. The Bertz CT molecular complexity index is 542. The zero-order chi connectivity index (χ0) is 12.3. The predicted molar refractivity (Wildman–Crippen MR) is 69.6 cm³/mol. The number of nitrogens with zero attached hydrogens (tertiary/aromatic N) is 2. The number of carbonyl (C=O) groups is 1. The molecule has 0 bridgehead atoms. The van der Waals surface area contributed by atoms with E-state index in [0.717, 1.165) is 10.2 Å². The van der Waals surface area contributed by atoms with Gasteiger partial charge in [0.2, 0.25) is 11.2 Å². The first-order valence-electron chi connectivity index (χ1n) is 5.06. The predicted octanol–water partition coefficient (Wildman–Crippen LogP) is 1.89. The third kappa shape index (κ3) is 3.04. The Kier molecular flexibility index (Phi) is 3.75. The Morgan fingerprint density at radius 2 is 2.29 bits per heavy atom. The number of nitrogens with one attached hydrogen (secondary N) is 2. The van der Waals surface area contributed by atoms with Gasteiger partial charge in [0.15, 0.2) is 0 Å². The van der Waals surface area contributed by atoms with E-state index in [0.29, 0.717) is 18.9 Å². The maximum atomic E-state index is 10.7. The Labute approximate surface area is 107 Å². The summed E-state index contributed by atoms with van der Waals surface area (Å²) in [5.74, 6) is 0.661. The molecule has 0 atom stereocenters. The number of amides is 1. The minimum Gasteiger partial charge on any atom is -0.367 e. The Balaban J connectivity index is 2.07. The molecule has 0 spiro atoms. The average molecular weight is 271 g/mol. The van der Waals surface area contributed by atoms with Gasteiger partial charge in [-0.15, -0.1) is 11.3 Å². The summed E-state index contributed by atoms with van der Waals surface area (Å²) in [6.07, 6.45) is 0. The van der Waals surface area contributed by atoms with E-state index in [4.69, 9.17) is 11.6 Å². The van der Waals surface area contributed by atoms with Gasteiger partial charge in [-0.25, -0.2) is 4.98 Å². The van der Waals surface area contributed by atoms with Crippen molar-refractivity contribution in [2.24, 2.45) is 0 Å². The SMILES string of the molecule is CC(=O)NCCNc1nc(Cl)nc2ccsc12. The molecule has 17 heavy (non-hydrogen) atoms. The van der Waals surface area contributed by atoms with E-state index >= 15 is 0 Å². The smallest absolute Gasteiger partial charge is 0.224 e. The number of carbonyl (C=O) groups excluding carboxylic acids is 1. The minimum absolute atomic E-state index is 0.0474. The van der Waals surface area contributed by atoms with E-state index in [1.54, 1.807) is 11.3 Å². The summed E-state index contributed by atoms with van der Waals surface area (Å²) in [5, 5.41) is 7.99. The summed E-state index contributed by atoms with van der Waals surface area (Å²) >= 11 is 7.37. The van der Waals surface area contributed by atoms with Crippen molar-refractivity contribution in [1.29, 1.82) is 0 Å². The van der Waals surface area contributed by atoms with E-state index < -0.39 is 0 Å². The van der Waals surface area contributed by atoms with Gasteiger partial charge in [-0.2, -0.15) is 4.98 Å². The molecule has 0 aliphatic carbocycles. The molecule has 0 aromatic carbocycles. The van der Waals surface area contributed by atoms with Crippen LogP contribution in [0.25, 0.3) is 10.2 Å². The summed E-state index contributed by atoms with van der Waals surface area (Å²) < 4.78 is 0.970. The zero-order valence-electron chi connectivity index (χ0n) is 9.16. The van der Waals surface area contributed by atoms with Crippen LogP contribution in [0.5, 0.6) is 0 Å². The van der Waals surface area contributed by atoms with Gasteiger partial charge in [-0.1, -0.05) is 0 Å². The lowest BCUT2D eigenvalue weighted by Gasteiger charge is -2.06. The Hall–Kier alpha value is -1.40. The number of rotatable bonds is 4. The van der Waals surface area contributed by atoms with Crippen LogP contribution in [0.15, 0.2) is 11.4 Å². The third-order valence-electron chi connectivity index (χ3n) is 2.07. The summed E-state index contributed by atoms with van der Waals surface area (Å²) in [5.41, 5.74) is 0.831. The molecule has 0 saturated carbocycles. The van der Waals surface area contributed by atoms with Crippen molar-refractivity contribution in [3.05, 3.63) is 16.7 Å². The highest BCUT2D eigenvalue weighted by Crippen LogP contribution is 2.26. The molecule has 2 rings (SSSR count). The average Bonchev–Trinajstić information content (AvgIpc) is 2.71. The van der Waals surface area contributed by atoms with Crippen molar-refractivity contribution in [3.63, 3.8) is 0 Å². The van der Waals surface area contributed by atoms with Crippen LogP contribution in [0.1, 0.15) is 6.92 Å². The lowest BCUT2D eigenvalue weighted by atomic mass is 10.4. The normalized spacial score (nSPS) is 10.5. The molecule has 2 N–H and O–H groups in total. The second-order valence-corrected chi connectivity index (χ2v) is 4.64. The van der Waals surface area contributed by atoms with Crippen LogP contribution in [-0.2, 0) is 4.79 Å². The molecule has 2 heterocycles. The number of anilines is 1. The van der Waals surface area contributed by atoms with Crippen molar-refractivity contribution >= 4 is 44.9 Å². The summed E-state index contributed by atoms with van der Waals surface area (Å²) in [6, 6.07) is 1.90. The van der Waals surface area contributed by atoms with Gasteiger partial charge in [-0.05, 0) is 23.0 Å². The highest BCUT2D eigenvalue weighted by molar-refractivity contribution is 7.17. The molecule has 7 heteroatoms. The highest BCUT2D eigenvalue weighted by atomic mass is 35.5. The standard InChI is InChI=1S/C10H11ClN4OS/c1-6(16)12-3-4-13-9-8-7(2-5-17-8)14-10(11)15-9/h2,5H,3-4H2,1H3,(H,12,16)(H,13,14,15). The van der Waals surface area contributed by atoms with Crippen LogP contribution in [0.3, 0.4) is 0 Å². The van der Waals surface area contributed by atoms with Crippen LogP contribution in [-0.4, -0.2) is 29.0 Å². The maximum Gasteiger partial charge on any atom is 0.224 e. The van der Waals surface area contributed by atoms with E-state index in [-0.39, 0.29) is 11.2 Å². The molecular formula is C10H11ClN4OS. The Morgan fingerprint density at radius 1 is 1.47 bits per heavy atom. The molecule has 0 saturated heterocycles. The molecule has 1 amide bonds. The van der Waals surface area contributed by atoms with Gasteiger partial charge < -0.3 is 10.6 Å². The van der Waals surface area contributed by atoms with Gasteiger partial charge in [0.1, 0.15) is 5.82 Å². The van der Waals surface area contributed by atoms with Crippen molar-refractivity contribution in [1.82, 2.24) is 15.3 Å². The van der Waals surface area contributed by atoms with E-state index in [1.165, 1.54) is 6.92 Å². The van der Waals surface area contributed by atoms with Crippen LogP contribution < -0.4 is 10.6 Å². The number of thiophene rings is 1. The van der Waals surface area contributed by atoms with E-state index in [2.05, 4.69) is 20.6 Å². The van der Waals surface area contributed by atoms with Crippen molar-refractivity contribution in [3.8, 4) is 0 Å². The second kappa shape index (κ2) is 5.29. The van der Waals surface area contributed by atoms with Gasteiger partial charge in [-0.3, -0.25) is 4.79 Å². The molecule has 5 nitrogen and oxygen atoms in total. The van der Waals surface area contributed by atoms with E-state index in [1.807, 2.05) is 11.4 Å². The maximum absolute atomic E-state index is 10.7. The first kappa shape index (κ1) is 12.1. The molecule has 0 aliphatic rings. The van der Waals surface area contributed by atoms with Crippen LogP contribution in [0.4, 0.5) is 5.82 Å². The van der Waals surface area contributed by atoms with Crippen LogP contribution >= 0.6 is 22.9 Å². The second-order valence-electron chi connectivity index (χ2n) is 3.39. The molecule has 2 aromatic heterocycles. The number of fused-ring (bicyclic) bond motifs is 1. The molecule has 0 unspecified atom stereocenters.